The number of carbonyl (C=O) groups is 1. The number of carbonyl (C=O) groups excluding carboxylic acids is 1. The van der Waals surface area contributed by atoms with Crippen molar-refractivity contribution < 1.29 is 13.6 Å². The standard InChI is InChI=1S/C12H15F2NO/c1-8(2)15-7-12(16)5-9-3-10(13)6-11(14)4-9/h3-4,6,8,15H,5,7H2,1-2H3. The van der Waals surface area contributed by atoms with Gasteiger partial charge in [0.25, 0.3) is 0 Å². The molecule has 16 heavy (non-hydrogen) atoms. The second kappa shape index (κ2) is 5.70. The van der Waals surface area contributed by atoms with Gasteiger partial charge in [-0.25, -0.2) is 8.78 Å². The highest BCUT2D eigenvalue weighted by molar-refractivity contribution is 5.82. The van der Waals surface area contributed by atoms with Crippen LogP contribution >= 0.6 is 0 Å². The topological polar surface area (TPSA) is 29.1 Å². The van der Waals surface area contributed by atoms with Gasteiger partial charge in [-0.05, 0) is 17.7 Å². The smallest absolute Gasteiger partial charge is 0.150 e. The molecule has 1 aromatic rings. The van der Waals surface area contributed by atoms with E-state index in [2.05, 4.69) is 5.32 Å². The largest absolute Gasteiger partial charge is 0.308 e. The van der Waals surface area contributed by atoms with Gasteiger partial charge in [0.15, 0.2) is 5.78 Å². The summed E-state index contributed by atoms with van der Waals surface area (Å²) in [6.45, 7) is 4.07. The normalized spacial score (nSPS) is 10.8. The third-order valence-corrected chi connectivity index (χ3v) is 2.03. The van der Waals surface area contributed by atoms with Gasteiger partial charge < -0.3 is 5.32 Å². The lowest BCUT2D eigenvalue weighted by Crippen LogP contribution is -2.29. The molecule has 0 aliphatic carbocycles. The number of ketones is 1. The number of hydrogen-bond donors (Lipinski definition) is 1. The van der Waals surface area contributed by atoms with Gasteiger partial charge in [0.1, 0.15) is 11.6 Å². The Kier molecular flexibility index (Phi) is 4.55. The van der Waals surface area contributed by atoms with Gasteiger partial charge in [0.05, 0.1) is 6.54 Å². The minimum atomic E-state index is -0.653. The van der Waals surface area contributed by atoms with Crippen molar-refractivity contribution in [2.24, 2.45) is 0 Å². The molecule has 1 aromatic carbocycles. The Labute approximate surface area is 93.7 Å². The maximum Gasteiger partial charge on any atom is 0.150 e. The van der Waals surface area contributed by atoms with Crippen molar-refractivity contribution in [3.05, 3.63) is 35.4 Å². The first-order valence-corrected chi connectivity index (χ1v) is 5.17. The van der Waals surface area contributed by atoms with Crippen molar-refractivity contribution >= 4 is 5.78 Å². The molecule has 0 spiro atoms. The third kappa shape index (κ3) is 4.49. The lowest BCUT2D eigenvalue weighted by molar-refractivity contribution is -0.117. The van der Waals surface area contributed by atoms with Crippen LogP contribution in [0.25, 0.3) is 0 Å². The van der Waals surface area contributed by atoms with E-state index < -0.39 is 11.6 Å². The molecule has 1 N–H and O–H groups in total. The molecule has 1 rings (SSSR count). The van der Waals surface area contributed by atoms with E-state index in [1.807, 2.05) is 13.8 Å². The number of halogens is 2. The molecule has 4 heteroatoms. The van der Waals surface area contributed by atoms with Crippen LogP contribution in [-0.2, 0) is 11.2 Å². The molecule has 0 bridgehead atoms. The Morgan fingerprint density at radius 2 is 1.81 bits per heavy atom. The molecule has 0 radical (unpaired) electrons. The van der Waals surface area contributed by atoms with Gasteiger partial charge in [0, 0.05) is 18.5 Å². The predicted molar refractivity (Wildman–Crippen MR) is 58.2 cm³/mol. The molecule has 0 saturated carbocycles. The monoisotopic (exact) mass is 227 g/mol. The van der Waals surface area contributed by atoms with Crippen molar-refractivity contribution in [2.75, 3.05) is 6.54 Å². The first kappa shape index (κ1) is 12.8. The summed E-state index contributed by atoms with van der Waals surface area (Å²) in [6.07, 6.45) is 0.0500. The van der Waals surface area contributed by atoms with Crippen molar-refractivity contribution in [1.29, 1.82) is 0 Å². The fraction of sp³-hybridized carbons (Fsp3) is 0.417. The van der Waals surface area contributed by atoms with Gasteiger partial charge in [-0.1, -0.05) is 13.8 Å². The summed E-state index contributed by atoms with van der Waals surface area (Å²) >= 11 is 0. The molecular formula is C12H15F2NO. The Balaban J connectivity index is 2.56. The highest BCUT2D eigenvalue weighted by Gasteiger charge is 2.07. The van der Waals surface area contributed by atoms with Gasteiger partial charge in [-0.3, -0.25) is 4.79 Å². The van der Waals surface area contributed by atoms with Crippen molar-refractivity contribution in [1.82, 2.24) is 5.32 Å². The summed E-state index contributed by atoms with van der Waals surface area (Å²) in [5, 5.41) is 2.96. The zero-order valence-corrected chi connectivity index (χ0v) is 9.39. The van der Waals surface area contributed by atoms with Crippen LogP contribution in [0.4, 0.5) is 8.78 Å². The summed E-state index contributed by atoms with van der Waals surface area (Å²) in [7, 11) is 0. The minimum absolute atomic E-state index is 0.0500. The van der Waals surface area contributed by atoms with Crippen LogP contribution in [0.3, 0.4) is 0 Å². The van der Waals surface area contributed by atoms with Crippen LogP contribution in [0.15, 0.2) is 18.2 Å². The lowest BCUT2D eigenvalue weighted by Gasteiger charge is -2.07. The molecule has 88 valence electrons. The summed E-state index contributed by atoms with van der Waals surface area (Å²) < 4.78 is 25.7. The molecule has 0 heterocycles. The van der Waals surface area contributed by atoms with E-state index in [4.69, 9.17) is 0 Å². The van der Waals surface area contributed by atoms with Crippen molar-refractivity contribution in [3.8, 4) is 0 Å². The Morgan fingerprint density at radius 1 is 1.25 bits per heavy atom. The fourth-order valence-corrected chi connectivity index (χ4v) is 1.32. The summed E-state index contributed by atoms with van der Waals surface area (Å²) in [4.78, 5) is 11.4. The average Bonchev–Trinajstić information content (AvgIpc) is 2.12. The quantitative estimate of drug-likeness (QED) is 0.834. The Morgan fingerprint density at radius 3 is 2.31 bits per heavy atom. The van der Waals surface area contributed by atoms with Crippen molar-refractivity contribution in [2.45, 2.75) is 26.3 Å². The number of benzene rings is 1. The maximum absolute atomic E-state index is 12.8. The zero-order valence-electron chi connectivity index (χ0n) is 9.39. The third-order valence-electron chi connectivity index (χ3n) is 2.03. The first-order valence-electron chi connectivity index (χ1n) is 5.17. The number of hydrogen-bond acceptors (Lipinski definition) is 2. The molecule has 0 unspecified atom stereocenters. The number of nitrogens with one attached hydrogen (secondary N) is 1. The number of rotatable bonds is 5. The van der Waals surface area contributed by atoms with Crippen LogP contribution in [0.2, 0.25) is 0 Å². The van der Waals surface area contributed by atoms with E-state index in [0.717, 1.165) is 6.07 Å². The van der Waals surface area contributed by atoms with Crippen LogP contribution in [-0.4, -0.2) is 18.4 Å². The second-order valence-corrected chi connectivity index (χ2v) is 4.03. The molecule has 2 nitrogen and oxygen atoms in total. The molecule has 0 fully saturated rings. The van der Waals surface area contributed by atoms with E-state index in [0.29, 0.717) is 5.56 Å². The maximum atomic E-state index is 12.8. The van der Waals surface area contributed by atoms with E-state index in [1.165, 1.54) is 12.1 Å². The van der Waals surface area contributed by atoms with E-state index in [-0.39, 0.29) is 24.8 Å². The number of Topliss-reactive ketones (excluding diaryl/α,β-unsaturated/α-hetero) is 1. The summed E-state index contributed by atoms with van der Waals surface area (Å²) in [5.74, 6) is -1.39. The highest BCUT2D eigenvalue weighted by Crippen LogP contribution is 2.08. The molecule has 0 amide bonds. The van der Waals surface area contributed by atoms with E-state index >= 15 is 0 Å². The van der Waals surface area contributed by atoms with Gasteiger partial charge >= 0.3 is 0 Å². The Bertz CT molecular complexity index is 357. The minimum Gasteiger partial charge on any atom is -0.308 e. The van der Waals surface area contributed by atoms with E-state index in [1.54, 1.807) is 0 Å². The molecule has 0 aliphatic heterocycles. The average molecular weight is 227 g/mol. The molecule has 0 aromatic heterocycles. The van der Waals surface area contributed by atoms with Gasteiger partial charge in [-0.2, -0.15) is 0 Å². The first-order chi connectivity index (χ1) is 7.47. The zero-order chi connectivity index (χ0) is 12.1. The summed E-state index contributed by atoms with van der Waals surface area (Å²) in [5.41, 5.74) is 0.369. The van der Waals surface area contributed by atoms with Crippen LogP contribution in [0.5, 0.6) is 0 Å². The molecular weight excluding hydrogens is 212 g/mol. The van der Waals surface area contributed by atoms with Crippen LogP contribution < -0.4 is 5.32 Å². The SMILES string of the molecule is CC(C)NCC(=O)Cc1cc(F)cc(F)c1. The fourth-order valence-electron chi connectivity index (χ4n) is 1.32. The predicted octanol–water partition coefficient (Wildman–Crippen LogP) is 2.07. The second-order valence-electron chi connectivity index (χ2n) is 4.03. The van der Waals surface area contributed by atoms with Crippen molar-refractivity contribution in [3.63, 3.8) is 0 Å². The molecule has 0 atom stereocenters. The summed E-state index contributed by atoms with van der Waals surface area (Å²) in [6, 6.07) is 3.36. The van der Waals surface area contributed by atoms with Crippen LogP contribution in [0, 0.1) is 11.6 Å². The van der Waals surface area contributed by atoms with Gasteiger partial charge in [-0.15, -0.1) is 0 Å². The lowest BCUT2D eigenvalue weighted by atomic mass is 10.1. The van der Waals surface area contributed by atoms with E-state index in [9.17, 15) is 13.6 Å². The van der Waals surface area contributed by atoms with Gasteiger partial charge in [0.2, 0.25) is 0 Å². The highest BCUT2D eigenvalue weighted by atomic mass is 19.1. The Hall–Kier alpha value is -1.29. The molecule has 0 aliphatic rings. The molecule has 0 saturated heterocycles. The van der Waals surface area contributed by atoms with Crippen LogP contribution in [0.1, 0.15) is 19.4 Å².